The third-order valence-electron chi connectivity index (χ3n) is 4.97. The first-order valence-corrected chi connectivity index (χ1v) is 9.88. The fraction of sp³-hybridized carbons (Fsp3) is 0.474. The van der Waals surface area contributed by atoms with Crippen LogP contribution < -0.4 is 15.4 Å². The number of piperidine rings is 1. The lowest BCUT2D eigenvalue weighted by Crippen LogP contribution is -2.28. The number of carbonyl (C=O) groups is 1. The molecule has 0 radical (unpaired) electrons. The Balaban J connectivity index is 0.00000196. The van der Waals surface area contributed by atoms with Gasteiger partial charge in [-0.1, -0.05) is 0 Å². The molecule has 0 aliphatic carbocycles. The number of anilines is 1. The summed E-state index contributed by atoms with van der Waals surface area (Å²) in [6, 6.07) is 6.18. The first kappa shape index (κ1) is 19.1. The van der Waals surface area contributed by atoms with Crippen LogP contribution in [0.4, 0.5) is 5.13 Å². The van der Waals surface area contributed by atoms with Crippen molar-refractivity contribution in [3.05, 3.63) is 29.1 Å². The van der Waals surface area contributed by atoms with Crippen molar-refractivity contribution in [3.63, 3.8) is 0 Å². The van der Waals surface area contributed by atoms with Crippen LogP contribution >= 0.6 is 23.7 Å². The molecule has 1 aromatic carbocycles. The van der Waals surface area contributed by atoms with Crippen molar-refractivity contribution in [1.29, 1.82) is 0 Å². The van der Waals surface area contributed by atoms with Gasteiger partial charge in [-0.15, -0.1) is 23.7 Å². The molecule has 2 aliphatic heterocycles. The minimum Gasteiger partial charge on any atom is -0.493 e. The molecule has 2 N–H and O–H groups in total. The maximum Gasteiger partial charge on any atom is 0.226 e. The van der Waals surface area contributed by atoms with Crippen LogP contribution in [0.2, 0.25) is 0 Å². The molecule has 3 heterocycles. The summed E-state index contributed by atoms with van der Waals surface area (Å²) in [6.07, 6.45) is 4.85. The van der Waals surface area contributed by atoms with Crippen LogP contribution in [0.15, 0.2) is 23.6 Å². The Kier molecular flexibility index (Phi) is 6.51. The first-order chi connectivity index (χ1) is 12.3. The third-order valence-corrected chi connectivity index (χ3v) is 5.73. The normalized spacial score (nSPS) is 16.5. The van der Waals surface area contributed by atoms with Crippen molar-refractivity contribution >= 4 is 34.8 Å². The zero-order valence-electron chi connectivity index (χ0n) is 14.6. The molecule has 0 spiro atoms. The number of amides is 1. The zero-order valence-corrected chi connectivity index (χ0v) is 16.3. The molecule has 140 valence electrons. The van der Waals surface area contributed by atoms with Crippen LogP contribution in [-0.4, -0.2) is 30.6 Å². The van der Waals surface area contributed by atoms with Crippen molar-refractivity contribution in [1.82, 2.24) is 10.3 Å². The fourth-order valence-corrected chi connectivity index (χ4v) is 4.23. The predicted octanol–water partition coefficient (Wildman–Crippen LogP) is 3.89. The number of benzene rings is 1. The number of rotatable bonds is 5. The van der Waals surface area contributed by atoms with E-state index >= 15 is 0 Å². The number of nitrogens with one attached hydrogen (secondary N) is 2. The maximum absolute atomic E-state index is 12.2. The van der Waals surface area contributed by atoms with E-state index in [2.05, 4.69) is 21.7 Å². The number of hydrogen-bond acceptors (Lipinski definition) is 5. The molecule has 0 unspecified atom stereocenters. The van der Waals surface area contributed by atoms with Gasteiger partial charge in [0.2, 0.25) is 5.91 Å². The number of ether oxygens (including phenoxy) is 1. The van der Waals surface area contributed by atoms with Crippen molar-refractivity contribution in [2.24, 2.45) is 5.92 Å². The summed E-state index contributed by atoms with van der Waals surface area (Å²) < 4.78 is 5.55. The molecule has 4 rings (SSSR count). The largest absolute Gasteiger partial charge is 0.493 e. The number of aromatic nitrogens is 1. The molecule has 2 aromatic rings. The number of hydrogen-bond donors (Lipinski definition) is 2. The molecule has 5 nitrogen and oxygen atoms in total. The third kappa shape index (κ3) is 4.55. The zero-order chi connectivity index (χ0) is 17.1. The molecular formula is C19H24ClN3O2S. The Hall–Kier alpha value is -1.63. The Morgan fingerprint density at radius 2 is 2.19 bits per heavy atom. The van der Waals surface area contributed by atoms with Crippen molar-refractivity contribution in [2.75, 3.05) is 25.0 Å². The Morgan fingerprint density at radius 1 is 1.35 bits per heavy atom. The standard InChI is InChI=1S/C19H23N3O2S.ClH/c23-18(4-1-13-5-8-20-9-6-13)22-19-21-16(12-25-19)14-2-3-17-15(11-14)7-10-24-17;/h2-3,11-13,20H,1,4-10H2,(H,21,22,23);1H. The van der Waals surface area contributed by atoms with Crippen LogP contribution in [-0.2, 0) is 11.2 Å². The molecule has 1 fully saturated rings. The van der Waals surface area contributed by atoms with E-state index < -0.39 is 0 Å². The summed E-state index contributed by atoms with van der Waals surface area (Å²) in [4.78, 5) is 16.8. The van der Waals surface area contributed by atoms with E-state index in [9.17, 15) is 4.79 Å². The number of nitrogens with zero attached hydrogens (tertiary/aromatic N) is 1. The maximum atomic E-state index is 12.2. The monoisotopic (exact) mass is 393 g/mol. The Morgan fingerprint density at radius 3 is 3.04 bits per heavy atom. The molecule has 0 bridgehead atoms. The van der Waals surface area contributed by atoms with Crippen LogP contribution in [0.3, 0.4) is 0 Å². The average molecular weight is 394 g/mol. The van der Waals surface area contributed by atoms with E-state index in [1.165, 1.54) is 29.7 Å². The first-order valence-electron chi connectivity index (χ1n) is 9.00. The fourth-order valence-electron chi connectivity index (χ4n) is 3.50. The van der Waals surface area contributed by atoms with Gasteiger partial charge in [0.15, 0.2) is 5.13 Å². The molecule has 1 amide bonds. The van der Waals surface area contributed by atoms with E-state index in [0.29, 0.717) is 17.5 Å². The molecule has 0 atom stereocenters. The minimum absolute atomic E-state index is 0. The Bertz CT molecular complexity index is 759. The molecule has 1 aromatic heterocycles. The summed E-state index contributed by atoms with van der Waals surface area (Å²) in [5.41, 5.74) is 3.22. The van der Waals surface area contributed by atoms with Gasteiger partial charge in [0.1, 0.15) is 5.75 Å². The summed E-state index contributed by atoms with van der Waals surface area (Å²) in [7, 11) is 0. The predicted molar refractivity (Wildman–Crippen MR) is 107 cm³/mol. The molecule has 26 heavy (non-hydrogen) atoms. The van der Waals surface area contributed by atoms with Gasteiger partial charge in [-0.25, -0.2) is 4.98 Å². The molecular weight excluding hydrogens is 370 g/mol. The van der Waals surface area contributed by atoms with Gasteiger partial charge in [-0.3, -0.25) is 4.79 Å². The molecule has 1 saturated heterocycles. The van der Waals surface area contributed by atoms with E-state index in [1.54, 1.807) is 0 Å². The van der Waals surface area contributed by atoms with Crippen LogP contribution in [0.1, 0.15) is 31.2 Å². The minimum atomic E-state index is 0. The average Bonchev–Trinajstić information content (AvgIpc) is 3.29. The second-order valence-corrected chi connectivity index (χ2v) is 7.60. The second-order valence-electron chi connectivity index (χ2n) is 6.74. The summed E-state index contributed by atoms with van der Waals surface area (Å²) in [5.74, 6) is 1.72. The highest BCUT2D eigenvalue weighted by Gasteiger charge is 2.16. The van der Waals surface area contributed by atoms with Crippen LogP contribution in [0, 0.1) is 5.92 Å². The summed E-state index contributed by atoms with van der Waals surface area (Å²) >= 11 is 1.48. The van der Waals surface area contributed by atoms with Gasteiger partial charge >= 0.3 is 0 Å². The Labute approximate surface area is 164 Å². The lowest BCUT2D eigenvalue weighted by molar-refractivity contribution is -0.116. The van der Waals surface area contributed by atoms with Gasteiger partial charge < -0.3 is 15.4 Å². The second kappa shape index (κ2) is 8.84. The van der Waals surface area contributed by atoms with Gasteiger partial charge in [-0.2, -0.15) is 0 Å². The van der Waals surface area contributed by atoms with Gasteiger partial charge in [0.05, 0.1) is 12.3 Å². The lowest BCUT2D eigenvalue weighted by Gasteiger charge is -2.21. The van der Waals surface area contributed by atoms with E-state index in [1.807, 2.05) is 17.5 Å². The van der Waals surface area contributed by atoms with E-state index in [0.717, 1.165) is 49.5 Å². The summed E-state index contributed by atoms with van der Waals surface area (Å²) in [5, 5.41) is 8.99. The number of halogens is 1. The molecule has 7 heteroatoms. The van der Waals surface area contributed by atoms with Crippen molar-refractivity contribution < 1.29 is 9.53 Å². The topological polar surface area (TPSA) is 63.2 Å². The SMILES string of the molecule is Cl.O=C(CCC1CCNCC1)Nc1nc(-c2ccc3c(c2)CCO3)cs1. The highest BCUT2D eigenvalue weighted by Crippen LogP contribution is 2.32. The van der Waals surface area contributed by atoms with Gasteiger partial charge in [0.25, 0.3) is 0 Å². The van der Waals surface area contributed by atoms with Crippen molar-refractivity contribution in [3.8, 4) is 17.0 Å². The highest BCUT2D eigenvalue weighted by molar-refractivity contribution is 7.14. The van der Waals surface area contributed by atoms with E-state index in [4.69, 9.17) is 4.74 Å². The highest BCUT2D eigenvalue weighted by atomic mass is 35.5. The van der Waals surface area contributed by atoms with Crippen LogP contribution in [0.25, 0.3) is 11.3 Å². The summed E-state index contributed by atoms with van der Waals surface area (Å²) in [6.45, 7) is 2.91. The quantitative estimate of drug-likeness (QED) is 0.809. The molecule has 2 aliphatic rings. The number of fused-ring (bicyclic) bond motifs is 1. The van der Waals surface area contributed by atoms with E-state index in [-0.39, 0.29) is 18.3 Å². The van der Waals surface area contributed by atoms with Gasteiger partial charge in [-0.05, 0) is 62.0 Å². The lowest BCUT2D eigenvalue weighted by atomic mass is 9.93. The number of carbonyl (C=O) groups excluding carboxylic acids is 1. The van der Waals surface area contributed by atoms with Crippen molar-refractivity contribution in [2.45, 2.75) is 32.1 Å². The number of thiazole rings is 1. The molecule has 0 saturated carbocycles. The smallest absolute Gasteiger partial charge is 0.226 e. The van der Waals surface area contributed by atoms with Gasteiger partial charge in [0, 0.05) is 23.8 Å². The van der Waals surface area contributed by atoms with Crippen LogP contribution in [0.5, 0.6) is 5.75 Å².